The summed E-state index contributed by atoms with van der Waals surface area (Å²) in [7, 11) is -0.0372. The summed E-state index contributed by atoms with van der Waals surface area (Å²) in [6.07, 6.45) is 0. The zero-order valence-corrected chi connectivity index (χ0v) is 15.3. The molecule has 1 aliphatic heterocycles. The molecule has 1 fully saturated rings. The molecule has 1 aromatic carbocycles. The molecule has 0 aliphatic carbocycles. The predicted octanol–water partition coefficient (Wildman–Crippen LogP) is 1.42. The Balaban J connectivity index is 2.05. The van der Waals surface area contributed by atoms with E-state index in [0.29, 0.717) is 25.6 Å². The van der Waals surface area contributed by atoms with E-state index in [1.165, 1.54) is 13.2 Å². The first-order valence-corrected chi connectivity index (χ1v) is 9.36. The Morgan fingerprint density at radius 1 is 1.46 bits per heavy atom. The minimum atomic E-state index is -3.10. The summed E-state index contributed by atoms with van der Waals surface area (Å²) in [6.45, 7) is 4.59. The molecule has 2 rings (SSSR count). The maximum absolute atomic E-state index is 13.7. The van der Waals surface area contributed by atoms with Gasteiger partial charge in [0.2, 0.25) is 0 Å². The van der Waals surface area contributed by atoms with Crippen molar-refractivity contribution in [2.75, 3.05) is 33.0 Å². The molecule has 0 unspecified atom stereocenters. The van der Waals surface area contributed by atoms with Gasteiger partial charge in [0.05, 0.1) is 17.6 Å². The minimum Gasteiger partial charge on any atom is -0.494 e. The van der Waals surface area contributed by atoms with Crippen LogP contribution in [0.3, 0.4) is 0 Å². The van der Waals surface area contributed by atoms with Gasteiger partial charge in [0.15, 0.2) is 27.4 Å². The Labute approximate surface area is 142 Å². The van der Waals surface area contributed by atoms with Gasteiger partial charge in [0.1, 0.15) is 0 Å². The molecular formula is C16H24FN3O3S. The molecule has 6 nitrogen and oxygen atoms in total. The lowest BCUT2D eigenvalue weighted by molar-refractivity contribution is 0.353. The number of rotatable bonds is 3. The number of aliphatic imine (C=N–C) groups is 1. The lowest BCUT2D eigenvalue weighted by Gasteiger charge is -2.39. The van der Waals surface area contributed by atoms with Crippen LogP contribution >= 0.6 is 0 Å². The number of sulfone groups is 1. The fraction of sp³-hybridized carbons (Fsp3) is 0.562. The van der Waals surface area contributed by atoms with Crippen molar-refractivity contribution in [3.8, 4) is 5.75 Å². The summed E-state index contributed by atoms with van der Waals surface area (Å²) < 4.78 is 42.0. The standard InChI is InChI=1S/C16H24FN3O3S/c1-16(2)11-20(7-8-24(16,21)22)15(18-3)19-10-12-5-6-14(23-4)13(17)9-12/h5-6,9H,7-8,10-11H2,1-4H3,(H,18,19). The molecule has 0 bridgehead atoms. The smallest absolute Gasteiger partial charge is 0.193 e. The first kappa shape index (κ1) is 18.5. The van der Waals surface area contributed by atoms with E-state index in [1.54, 1.807) is 33.0 Å². The van der Waals surface area contributed by atoms with Gasteiger partial charge in [-0.3, -0.25) is 4.99 Å². The van der Waals surface area contributed by atoms with Gasteiger partial charge in [-0.15, -0.1) is 0 Å². The highest BCUT2D eigenvalue weighted by Crippen LogP contribution is 2.24. The zero-order valence-electron chi connectivity index (χ0n) is 14.5. The average Bonchev–Trinajstić information content (AvgIpc) is 2.51. The van der Waals surface area contributed by atoms with E-state index in [-0.39, 0.29) is 11.5 Å². The van der Waals surface area contributed by atoms with Gasteiger partial charge in [-0.25, -0.2) is 12.8 Å². The molecule has 0 radical (unpaired) electrons. The molecule has 0 amide bonds. The monoisotopic (exact) mass is 357 g/mol. The second kappa shape index (κ2) is 6.96. The van der Waals surface area contributed by atoms with Gasteiger partial charge < -0.3 is 15.0 Å². The summed E-state index contributed by atoms with van der Waals surface area (Å²) >= 11 is 0. The molecular weight excluding hydrogens is 333 g/mol. The minimum absolute atomic E-state index is 0.0951. The molecule has 0 aromatic heterocycles. The molecule has 134 valence electrons. The second-order valence-corrected chi connectivity index (χ2v) is 9.11. The molecule has 1 heterocycles. The van der Waals surface area contributed by atoms with E-state index in [4.69, 9.17) is 4.74 Å². The van der Waals surface area contributed by atoms with Crippen molar-refractivity contribution in [2.45, 2.75) is 25.1 Å². The SMILES string of the molecule is CN=C(NCc1ccc(OC)c(F)c1)N1CCS(=O)(=O)C(C)(C)C1. The van der Waals surface area contributed by atoms with Gasteiger partial charge in [0.25, 0.3) is 0 Å². The van der Waals surface area contributed by atoms with Crippen molar-refractivity contribution in [3.63, 3.8) is 0 Å². The van der Waals surface area contributed by atoms with E-state index < -0.39 is 20.4 Å². The predicted molar refractivity (Wildman–Crippen MR) is 92.6 cm³/mol. The maximum Gasteiger partial charge on any atom is 0.193 e. The number of hydrogen-bond acceptors (Lipinski definition) is 4. The lowest BCUT2D eigenvalue weighted by Crippen LogP contribution is -2.57. The number of guanidine groups is 1. The van der Waals surface area contributed by atoms with E-state index in [9.17, 15) is 12.8 Å². The highest BCUT2D eigenvalue weighted by Gasteiger charge is 2.40. The van der Waals surface area contributed by atoms with Crippen LogP contribution in [0.5, 0.6) is 5.75 Å². The molecule has 0 saturated carbocycles. The van der Waals surface area contributed by atoms with Crippen molar-refractivity contribution in [1.29, 1.82) is 0 Å². The molecule has 0 spiro atoms. The van der Waals surface area contributed by atoms with Crippen LogP contribution in [0, 0.1) is 5.82 Å². The Morgan fingerprint density at radius 2 is 2.17 bits per heavy atom. The summed E-state index contributed by atoms with van der Waals surface area (Å²) in [5.41, 5.74) is 0.748. The molecule has 24 heavy (non-hydrogen) atoms. The number of benzene rings is 1. The van der Waals surface area contributed by atoms with E-state index in [2.05, 4.69) is 10.3 Å². The summed E-state index contributed by atoms with van der Waals surface area (Å²) in [5.74, 6) is 0.481. The third-order valence-electron chi connectivity index (χ3n) is 4.22. The van der Waals surface area contributed by atoms with Crippen molar-refractivity contribution in [2.24, 2.45) is 4.99 Å². The molecule has 1 saturated heterocycles. The van der Waals surface area contributed by atoms with Crippen molar-refractivity contribution in [3.05, 3.63) is 29.6 Å². The average molecular weight is 357 g/mol. The van der Waals surface area contributed by atoms with E-state index in [0.717, 1.165) is 5.56 Å². The van der Waals surface area contributed by atoms with Gasteiger partial charge in [-0.2, -0.15) is 0 Å². The van der Waals surface area contributed by atoms with Crippen LogP contribution in [0.2, 0.25) is 0 Å². The van der Waals surface area contributed by atoms with Crippen LogP contribution in [0.15, 0.2) is 23.2 Å². The fourth-order valence-electron chi connectivity index (χ4n) is 2.66. The zero-order chi connectivity index (χ0) is 18.0. The quantitative estimate of drug-likeness (QED) is 0.654. The van der Waals surface area contributed by atoms with Gasteiger partial charge in [-0.1, -0.05) is 6.07 Å². The summed E-state index contributed by atoms with van der Waals surface area (Å²) in [5, 5.41) is 3.16. The Bertz CT molecular complexity index is 732. The fourth-order valence-corrected chi connectivity index (χ4v) is 4.02. The van der Waals surface area contributed by atoms with Crippen molar-refractivity contribution >= 4 is 15.8 Å². The third-order valence-corrected chi connectivity index (χ3v) is 6.75. The van der Waals surface area contributed by atoms with Crippen LogP contribution in [0.1, 0.15) is 19.4 Å². The molecule has 0 atom stereocenters. The largest absolute Gasteiger partial charge is 0.494 e. The maximum atomic E-state index is 13.7. The van der Waals surface area contributed by atoms with Crippen LogP contribution in [0.4, 0.5) is 4.39 Å². The van der Waals surface area contributed by atoms with Crippen LogP contribution in [-0.4, -0.2) is 57.0 Å². The van der Waals surface area contributed by atoms with E-state index >= 15 is 0 Å². The molecule has 1 aliphatic rings. The first-order chi connectivity index (χ1) is 11.2. The van der Waals surface area contributed by atoms with Crippen LogP contribution < -0.4 is 10.1 Å². The van der Waals surface area contributed by atoms with E-state index in [1.807, 2.05) is 4.90 Å². The molecule has 1 aromatic rings. The topological polar surface area (TPSA) is 71.0 Å². The highest BCUT2D eigenvalue weighted by molar-refractivity contribution is 7.92. The first-order valence-electron chi connectivity index (χ1n) is 7.70. The van der Waals surface area contributed by atoms with Crippen molar-refractivity contribution < 1.29 is 17.5 Å². The third kappa shape index (κ3) is 3.80. The van der Waals surface area contributed by atoms with Crippen molar-refractivity contribution in [1.82, 2.24) is 10.2 Å². The van der Waals surface area contributed by atoms with Gasteiger partial charge in [0, 0.05) is 26.7 Å². The summed E-state index contributed by atoms with van der Waals surface area (Å²) in [4.78, 5) is 6.13. The number of nitrogens with one attached hydrogen (secondary N) is 1. The Morgan fingerprint density at radius 3 is 2.71 bits per heavy atom. The lowest BCUT2D eigenvalue weighted by atomic mass is 10.2. The second-order valence-electron chi connectivity index (χ2n) is 6.37. The Hall–Kier alpha value is -1.83. The number of halogens is 1. The van der Waals surface area contributed by atoms with Gasteiger partial charge >= 0.3 is 0 Å². The number of ether oxygens (including phenoxy) is 1. The Kier molecular flexibility index (Phi) is 5.37. The summed E-state index contributed by atoms with van der Waals surface area (Å²) in [6, 6.07) is 4.75. The van der Waals surface area contributed by atoms with Crippen LogP contribution in [0.25, 0.3) is 0 Å². The molecule has 1 N–H and O–H groups in total. The van der Waals surface area contributed by atoms with Gasteiger partial charge in [-0.05, 0) is 31.5 Å². The van der Waals surface area contributed by atoms with Crippen LogP contribution in [-0.2, 0) is 16.4 Å². The number of nitrogens with zero attached hydrogens (tertiary/aromatic N) is 2. The number of methoxy groups -OCH3 is 1. The normalized spacial score (nSPS) is 19.9. The molecule has 8 heteroatoms. The highest BCUT2D eigenvalue weighted by atomic mass is 32.2. The number of hydrogen-bond donors (Lipinski definition) is 1.